The number of aliphatic hydroxyl groups is 1. The molecule has 0 fully saturated rings. The Morgan fingerprint density at radius 1 is 1.12 bits per heavy atom. The number of nitrogens with zero attached hydrogens (tertiary/aromatic N) is 1. The number of aromatic nitrogens is 2. The molecule has 1 amide bonds. The summed E-state index contributed by atoms with van der Waals surface area (Å²) in [6.45, 7) is 4.21. The van der Waals surface area contributed by atoms with Crippen molar-refractivity contribution < 1.29 is 23.1 Å². The molecule has 0 saturated carbocycles. The minimum absolute atomic E-state index is 0.0106. The van der Waals surface area contributed by atoms with E-state index < -0.39 is 52.3 Å². The fourth-order valence-electron chi connectivity index (χ4n) is 3.50. The van der Waals surface area contributed by atoms with E-state index in [1.165, 1.54) is 32.9 Å². The molecule has 0 spiro atoms. The van der Waals surface area contributed by atoms with Crippen LogP contribution in [0.1, 0.15) is 44.8 Å². The van der Waals surface area contributed by atoms with E-state index in [9.17, 15) is 32.7 Å². The first-order valence-electron chi connectivity index (χ1n) is 9.79. The summed E-state index contributed by atoms with van der Waals surface area (Å²) >= 11 is 0. The molecule has 3 N–H and O–H groups in total. The second-order valence-corrected chi connectivity index (χ2v) is 8.22. The van der Waals surface area contributed by atoms with Crippen molar-refractivity contribution in [3.8, 4) is 0 Å². The van der Waals surface area contributed by atoms with Crippen LogP contribution >= 0.6 is 0 Å². The number of nitrogens with one attached hydrogen (secondary N) is 2. The van der Waals surface area contributed by atoms with Gasteiger partial charge in [-0.2, -0.15) is 0 Å². The van der Waals surface area contributed by atoms with Gasteiger partial charge in [0.1, 0.15) is 23.5 Å². The van der Waals surface area contributed by atoms with Gasteiger partial charge in [-0.05, 0) is 45.0 Å². The highest BCUT2D eigenvalue weighted by Crippen LogP contribution is 2.23. The van der Waals surface area contributed by atoms with E-state index in [2.05, 4.69) is 10.3 Å². The lowest BCUT2D eigenvalue weighted by Crippen LogP contribution is -2.47. The summed E-state index contributed by atoms with van der Waals surface area (Å²) in [6.07, 6.45) is -0.346. The van der Waals surface area contributed by atoms with Gasteiger partial charge in [-0.25, -0.2) is 22.5 Å². The molecule has 170 valence electrons. The fourth-order valence-corrected chi connectivity index (χ4v) is 3.50. The summed E-state index contributed by atoms with van der Waals surface area (Å²) < 4.78 is 41.6. The second kappa shape index (κ2) is 8.62. The number of carbonyl (C=O) groups excluding carboxylic acids is 1. The zero-order valence-electron chi connectivity index (χ0n) is 17.6. The number of amides is 1. The highest BCUT2D eigenvalue weighted by molar-refractivity contribution is 5.82. The summed E-state index contributed by atoms with van der Waals surface area (Å²) in [6, 6.07) is 3.65. The summed E-state index contributed by atoms with van der Waals surface area (Å²) in [5.74, 6) is -3.23. The Morgan fingerprint density at radius 3 is 2.38 bits per heavy atom. The average Bonchev–Trinajstić information content (AvgIpc) is 2.66. The van der Waals surface area contributed by atoms with Crippen LogP contribution in [0.4, 0.5) is 13.2 Å². The minimum atomic E-state index is -1.50. The SMILES string of the molecule is C[C@@H](NC(=O)C(CC(C)(C)O)n1c(=O)[nH]c2ccc(F)cc2c1=O)c1ccc(F)cc1F. The summed E-state index contributed by atoms with van der Waals surface area (Å²) in [5, 5.41) is 12.6. The molecule has 0 aliphatic rings. The first kappa shape index (κ1) is 23.3. The molecule has 3 rings (SSSR count). The topological polar surface area (TPSA) is 104 Å². The lowest BCUT2D eigenvalue weighted by atomic mass is 9.97. The number of carbonyl (C=O) groups is 1. The van der Waals surface area contributed by atoms with Gasteiger partial charge in [0.2, 0.25) is 5.91 Å². The number of rotatable bonds is 6. The Hall–Kier alpha value is -3.40. The summed E-state index contributed by atoms with van der Waals surface area (Å²) in [5.41, 5.74) is -3.26. The van der Waals surface area contributed by atoms with Crippen LogP contribution in [-0.4, -0.2) is 26.2 Å². The van der Waals surface area contributed by atoms with Gasteiger partial charge in [0.25, 0.3) is 5.56 Å². The van der Waals surface area contributed by atoms with Crippen molar-refractivity contribution >= 4 is 16.8 Å². The maximum atomic E-state index is 14.1. The Balaban J connectivity index is 2.06. The molecule has 0 aliphatic heterocycles. The van der Waals surface area contributed by atoms with Crippen molar-refractivity contribution in [1.82, 2.24) is 14.9 Å². The number of fused-ring (bicyclic) bond motifs is 1. The molecule has 1 unspecified atom stereocenters. The van der Waals surface area contributed by atoms with Gasteiger partial charge in [-0.1, -0.05) is 6.07 Å². The third-order valence-corrected chi connectivity index (χ3v) is 4.99. The van der Waals surface area contributed by atoms with E-state index in [4.69, 9.17) is 0 Å². The third-order valence-electron chi connectivity index (χ3n) is 4.99. The van der Waals surface area contributed by atoms with Gasteiger partial charge in [-0.3, -0.25) is 9.59 Å². The van der Waals surface area contributed by atoms with E-state index in [0.29, 0.717) is 10.6 Å². The lowest BCUT2D eigenvalue weighted by Gasteiger charge is -2.27. The lowest BCUT2D eigenvalue weighted by molar-refractivity contribution is -0.127. The second-order valence-electron chi connectivity index (χ2n) is 8.22. The Morgan fingerprint density at radius 2 is 1.75 bits per heavy atom. The van der Waals surface area contributed by atoms with Gasteiger partial charge < -0.3 is 15.4 Å². The van der Waals surface area contributed by atoms with Gasteiger partial charge >= 0.3 is 5.69 Å². The Bertz CT molecular complexity index is 1290. The highest BCUT2D eigenvalue weighted by atomic mass is 19.1. The normalized spacial score (nSPS) is 13.7. The van der Waals surface area contributed by atoms with Crippen LogP contribution in [0.15, 0.2) is 46.0 Å². The Labute approximate surface area is 180 Å². The molecule has 1 heterocycles. The number of benzene rings is 2. The predicted molar refractivity (Wildman–Crippen MR) is 112 cm³/mol. The number of H-pyrrole nitrogens is 1. The van der Waals surface area contributed by atoms with Crippen LogP contribution in [0.2, 0.25) is 0 Å². The number of hydrogen-bond donors (Lipinski definition) is 3. The van der Waals surface area contributed by atoms with Crippen molar-refractivity contribution in [2.45, 2.75) is 44.9 Å². The van der Waals surface area contributed by atoms with Crippen LogP contribution in [0.25, 0.3) is 10.9 Å². The van der Waals surface area contributed by atoms with E-state index in [1.54, 1.807) is 0 Å². The van der Waals surface area contributed by atoms with Crippen molar-refractivity contribution in [1.29, 1.82) is 0 Å². The van der Waals surface area contributed by atoms with E-state index in [1.807, 2.05) is 0 Å². The molecular weight excluding hydrogens is 427 g/mol. The molecule has 1 aromatic heterocycles. The van der Waals surface area contributed by atoms with Crippen LogP contribution in [0.3, 0.4) is 0 Å². The molecule has 0 aliphatic carbocycles. The number of hydrogen-bond acceptors (Lipinski definition) is 4. The molecule has 0 saturated heterocycles. The quantitative estimate of drug-likeness (QED) is 0.538. The molecule has 7 nitrogen and oxygen atoms in total. The van der Waals surface area contributed by atoms with Gasteiger partial charge in [0, 0.05) is 18.1 Å². The van der Waals surface area contributed by atoms with Crippen LogP contribution in [-0.2, 0) is 4.79 Å². The van der Waals surface area contributed by atoms with Crippen LogP contribution in [0.5, 0.6) is 0 Å². The average molecular weight is 449 g/mol. The summed E-state index contributed by atoms with van der Waals surface area (Å²) in [4.78, 5) is 41.2. The van der Waals surface area contributed by atoms with Crippen molar-refractivity contribution in [3.63, 3.8) is 0 Å². The van der Waals surface area contributed by atoms with Gasteiger partial charge in [0.15, 0.2) is 0 Å². The molecule has 10 heteroatoms. The predicted octanol–water partition coefficient (Wildman–Crippen LogP) is 2.69. The zero-order chi connectivity index (χ0) is 23.8. The molecule has 2 atom stereocenters. The fraction of sp³-hybridized carbons (Fsp3) is 0.318. The first-order chi connectivity index (χ1) is 14.9. The molecule has 0 radical (unpaired) electrons. The number of aromatic amines is 1. The first-order valence-corrected chi connectivity index (χ1v) is 9.79. The standard InChI is InChI=1S/C22H22F3N3O4/c1-11(14-6-4-13(24)9-16(14)25)26-19(29)18(10-22(2,3)32)28-20(30)15-8-12(23)5-7-17(15)27-21(28)31/h4-9,11,18,32H,10H2,1-3H3,(H,26,29)(H,27,31)/t11-,18?/m1/s1. The smallest absolute Gasteiger partial charge is 0.329 e. The van der Waals surface area contributed by atoms with E-state index in [0.717, 1.165) is 18.2 Å². The van der Waals surface area contributed by atoms with Crippen LogP contribution in [0, 0.1) is 17.5 Å². The molecule has 2 aromatic carbocycles. The van der Waals surface area contributed by atoms with Crippen molar-refractivity contribution in [2.24, 2.45) is 0 Å². The molecular formula is C22H22F3N3O4. The molecule has 0 bridgehead atoms. The maximum Gasteiger partial charge on any atom is 0.329 e. The monoisotopic (exact) mass is 449 g/mol. The van der Waals surface area contributed by atoms with Crippen molar-refractivity contribution in [3.05, 3.63) is 80.3 Å². The van der Waals surface area contributed by atoms with Crippen LogP contribution < -0.4 is 16.6 Å². The third kappa shape index (κ3) is 4.91. The largest absolute Gasteiger partial charge is 0.390 e. The van der Waals surface area contributed by atoms with Crippen molar-refractivity contribution in [2.75, 3.05) is 0 Å². The van der Waals surface area contributed by atoms with E-state index >= 15 is 0 Å². The minimum Gasteiger partial charge on any atom is -0.390 e. The maximum absolute atomic E-state index is 14.1. The zero-order valence-corrected chi connectivity index (χ0v) is 17.6. The number of halogens is 3. The van der Waals surface area contributed by atoms with Gasteiger partial charge in [0.05, 0.1) is 22.5 Å². The molecule has 32 heavy (non-hydrogen) atoms. The van der Waals surface area contributed by atoms with Gasteiger partial charge in [-0.15, -0.1) is 0 Å². The highest BCUT2D eigenvalue weighted by Gasteiger charge is 2.32. The Kier molecular flexibility index (Phi) is 6.27. The summed E-state index contributed by atoms with van der Waals surface area (Å²) in [7, 11) is 0. The molecule has 3 aromatic rings. The van der Waals surface area contributed by atoms with E-state index in [-0.39, 0.29) is 22.9 Å².